The van der Waals surface area contributed by atoms with Gasteiger partial charge in [-0.25, -0.2) is 0 Å². The molecule has 1 rings (SSSR count). The number of nitrogens with one attached hydrogen (secondary N) is 1. The van der Waals surface area contributed by atoms with Crippen LogP contribution in [0, 0.1) is 5.41 Å². The fourth-order valence-corrected chi connectivity index (χ4v) is 2.16. The highest BCUT2D eigenvalue weighted by atomic mass is 35.5. The third-order valence-corrected chi connectivity index (χ3v) is 3.39. The lowest BCUT2D eigenvalue weighted by Crippen LogP contribution is -2.25. The van der Waals surface area contributed by atoms with Crippen LogP contribution in [0.2, 0.25) is 5.02 Å². The SMILES string of the molecule is CC(C)(C)CCCNC(=O)CCC(=O)c1cccc(Cl)c1. The van der Waals surface area contributed by atoms with E-state index in [1.807, 2.05) is 0 Å². The van der Waals surface area contributed by atoms with Gasteiger partial charge in [0.1, 0.15) is 0 Å². The first kappa shape index (κ1) is 17.7. The lowest BCUT2D eigenvalue weighted by molar-refractivity contribution is -0.121. The van der Waals surface area contributed by atoms with E-state index in [2.05, 4.69) is 26.1 Å². The van der Waals surface area contributed by atoms with Crippen LogP contribution in [-0.4, -0.2) is 18.2 Å². The molecule has 0 saturated carbocycles. The minimum atomic E-state index is -0.0701. The second-order valence-electron chi connectivity index (χ2n) is 6.45. The smallest absolute Gasteiger partial charge is 0.220 e. The van der Waals surface area contributed by atoms with Crippen LogP contribution in [0.4, 0.5) is 0 Å². The third-order valence-electron chi connectivity index (χ3n) is 3.15. The van der Waals surface area contributed by atoms with Gasteiger partial charge in [-0.2, -0.15) is 0 Å². The molecule has 21 heavy (non-hydrogen) atoms. The van der Waals surface area contributed by atoms with Crippen molar-refractivity contribution in [2.24, 2.45) is 5.41 Å². The first-order valence-electron chi connectivity index (χ1n) is 7.33. The van der Waals surface area contributed by atoms with Crippen LogP contribution < -0.4 is 5.32 Å². The number of hydrogen-bond acceptors (Lipinski definition) is 2. The minimum absolute atomic E-state index is 0.0534. The second-order valence-corrected chi connectivity index (χ2v) is 6.88. The lowest BCUT2D eigenvalue weighted by Gasteiger charge is -2.17. The zero-order valence-corrected chi connectivity index (χ0v) is 13.8. The molecular formula is C17H24ClNO2. The van der Waals surface area contributed by atoms with E-state index in [1.165, 1.54) is 0 Å². The van der Waals surface area contributed by atoms with Gasteiger partial charge >= 0.3 is 0 Å². The molecule has 3 nitrogen and oxygen atoms in total. The molecule has 116 valence electrons. The molecule has 1 aromatic carbocycles. The molecule has 0 unspecified atom stereocenters. The number of rotatable bonds is 7. The van der Waals surface area contributed by atoms with Crippen molar-refractivity contribution in [1.29, 1.82) is 0 Å². The molecule has 0 atom stereocenters. The van der Waals surface area contributed by atoms with Crippen molar-refractivity contribution in [1.82, 2.24) is 5.32 Å². The third kappa shape index (κ3) is 7.86. The number of Topliss-reactive ketones (excluding diaryl/α,β-unsaturated/α-hetero) is 1. The van der Waals surface area contributed by atoms with Crippen molar-refractivity contribution in [3.8, 4) is 0 Å². The molecule has 0 spiro atoms. The summed E-state index contributed by atoms with van der Waals surface area (Å²) in [7, 11) is 0. The van der Waals surface area contributed by atoms with Gasteiger partial charge in [0.25, 0.3) is 0 Å². The zero-order chi connectivity index (χ0) is 15.9. The van der Waals surface area contributed by atoms with Crippen LogP contribution in [0.3, 0.4) is 0 Å². The highest BCUT2D eigenvalue weighted by Gasteiger charge is 2.11. The highest BCUT2D eigenvalue weighted by molar-refractivity contribution is 6.31. The van der Waals surface area contributed by atoms with Crippen LogP contribution in [0.15, 0.2) is 24.3 Å². The molecule has 4 heteroatoms. The number of ketones is 1. The highest BCUT2D eigenvalue weighted by Crippen LogP contribution is 2.19. The Morgan fingerprint density at radius 1 is 1.19 bits per heavy atom. The van der Waals surface area contributed by atoms with Crippen LogP contribution in [-0.2, 0) is 4.79 Å². The fourth-order valence-electron chi connectivity index (χ4n) is 1.97. The molecule has 0 fully saturated rings. The Hall–Kier alpha value is -1.35. The number of carbonyl (C=O) groups is 2. The summed E-state index contributed by atoms with van der Waals surface area (Å²) in [6.07, 6.45) is 2.46. The summed E-state index contributed by atoms with van der Waals surface area (Å²) in [5.74, 6) is -0.123. The predicted octanol–water partition coefficient (Wildman–Crippen LogP) is 4.25. The quantitative estimate of drug-likeness (QED) is 0.604. The van der Waals surface area contributed by atoms with Crippen LogP contribution in [0.5, 0.6) is 0 Å². The van der Waals surface area contributed by atoms with Gasteiger partial charge in [-0.05, 0) is 30.4 Å². The van der Waals surface area contributed by atoms with Gasteiger partial charge in [-0.15, -0.1) is 0 Å². The van der Waals surface area contributed by atoms with Gasteiger partial charge in [0.15, 0.2) is 5.78 Å². The molecule has 0 aliphatic carbocycles. The number of halogens is 1. The maximum atomic E-state index is 11.9. The monoisotopic (exact) mass is 309 g/mol. The Balaban J connectivity index is 2.25. The summed E-state index contributed by atoms with van der Waals surface area (Å²) in [4.78, 5) is 23.6. The minimum Gasteiger partial charge on any atom is -0.356 e. The van der Waals surface area contributed by atoms with E-state index in [0.717, 1.165) is 12.8 Å². The standard InChI is InChI=1S/C17H24ClNO2/c1-17(2,3)10-5-11-19-16(21)9-8-15(20)13-6-4-7-14(18)12-13/h4,6-7,12H,5,8-11H2,1-3H3,(H,19,21). The summed E-state index contributed by atoms with van der Waals surface area (Å²) in [5.41, 5.74) is 0.843. The normalized spacial score (nSPS) is 11.2. The van der Waals surface area contributed by atoms with E-state index in [1.54, 1.807) is 24.3 Å². The maximum Gasteiger partial charge on any atom is 0.220 e. The predicted molar refractivity (Wildman–Crippen MR) is 86.7 cm³/mol. The summed E-state index contributed by atoms with van der Waals surface area (Å²) in [5, 5.41) is 3.39. The fraction of sp³-hybridized carbons (Fsp3) is 0.529. The van der Waals surface area contributed by atoms with Crippen molar-refractivity contribution in [2.75, 3.05) is 6.54 Å². The zero-order valence-electron chi connectivity index (χ0n) is 13.0. The Morgan fingerprint density at radius 3 is 2.52 bits per heavy atom. The van der Waals surface area contributed by atoms with Crippen LogP contribution in [0.25, 0.3) is 0 Å². The van der Waals surface area contributed by atoms with Crippen LogP contribution in [0.1, 0.15) is 56.8 Å². The first-order chi connectivity index (χ1) is 9.78. The topological polar surface area (TPSA) is 46.2 Å². The summed E-state index contributed by atoms with van der Waals surface area (Å²) in [6.45, 7) is 7.21. The van der Waals surface area contributed by atoms with Crippen molar-refractivity contribution < 1.29 is 9.59 Å². The number of carbonyl (C=O) groups excluding carboxylic acids is 2. The summed E-state index contributed by atoms with van der Waals surface area (Å²) >= 11 is 5.84. The molecule has 0 saturated heterocycles. The molecule has 1 N–H and O–H groups in total. The van der Waals surface area contributed by atoms with Gasteiger partial charge in [0, 0.05) is 30.0 Å². The van der Waals surface area contributed by atoms with E-state index < -0.39 is 0 Å². The Morgan fingerprint density at radius 2 is 1.90 bits per heavy atom. The van der Waals surface area contributed by atoms with E-state index in [0.29, 0.717) is 17.1 Å². The van der Waals surface area contributed by atoms with Gasteiger partial charge in [-0.1, -0.05) is 44.5 Å². The number of benzene rings is 1. The lowest BCUT2D eigenvalue weighted by atomic mass is 9.91. The molecule has 0 aliphatic heterocycles. The van der Waals surface area contributed by atoms with Crippen molar-refractivity contribution in [2.45, 2.75) is 46.5 Å². The second kappa shape index (κ2) is 8.18. The maximum absolute atomic E-state index is 11.9. The molecule has 1 aromatic rings. The molecule has 0 aliphatic rings. The van der Waals surface area contributed by atoms with E-state index in [9.17, 15) is 9.59 Å². The van der Waals surface area contributed by atoms with Gasteiger partial charge < -0.3 is 5.32 Å². The summed E-state index contributed by atoms with van der Waals surface area (Å²) in [6, 6.07) is 6.81. The molecule has 0 heterocycles. The van der Waals surface area contributed by atoms with E-state index >= 15 is 0 Å². The number of amides is 1. The molecule has 1 amide bonds. The van der Waals surface area contributed by atoms with Crippen molar-refractivity contribution in [3.63, 3.8) is 0 Å². The average molecular weight is 310 g/mol. The largest absolute Gasteiger partial charge is 0.356 e. The number of hydrogen-bond donors (Lipinski definition) is 1. The van der Waals surface area contributed by atoms with Crippen molar-refractivity contribution >= 4 is 23.3 Å². The van der Waals surface area contributed by atoms with Gasteiger partial charge in [0.2, 0.25) is 5.91 Å². The average Bonchev–Trinajstić information content (AvgIpc) is 2.40. The molecule has 0 aromatic heterocycles. The van der Waals surface area contributed by atoms with Gasteiger partial charge in [-0.3, -0.25) is 9.59 Å². The molecule has 0 radical (unpaired) electrons. The first-order valence-corrected chi connectivity index (χ1v) is 7.71. The Kier molecular flexibility index (Phi) is 6.90. The van der Waals surface area contributed by atoms with Gasteiger partial charge in [0.05, 0.1) is 0 Å². The van der Waals surface area contributed by atoms with E-state index in [4.69, 9.17) is 11.6 Å². The van der Waals surface area contributed by atoms with Crippen LogP contribution >= 0.6 is 11.6 Å². The molecular weight excluding hydrogens is 286 g/mol. The van der Waals surface area contributed by atoms with Crippen molar-refractivity contribution in [3.05, 3.63) is 34.9 Å². The summed E-state index contributed by atoms with van der Waals surface area (Å²) < 4.78 is 0. The molecule has 0 bridgehead atoms. The van der Waals surface area contributed by atoms with E-state index in [-0.39, 0.29) is 29.9 Å². The Bertz CT molecular complexity index is 492. The Labute approximate surface area is 132 Å².